The van der Waals surface area contributed by atoms with Gasteiger partial charge in [0.15, 0.2) is 0 Å². The molecule has 3 aromatic rings. The first-order chi connectivity index (χ1) is 11.3. The highest BCUT2D eigenvalue weighted by atomic mass is 16.5. The van der Waals surface area contributed by atoms with Crippen LogP contribution in [0, 0.1) is 0 Å². The van der Waals surface area contributed by atoms with Crippen LogP contribution in [0.25, 0.3) is 0 Å². The Morgan fingerprint density at radius 2 is 1.43 bits per heavy atom. The average molecular weight is 307 g/mol. The Bertz CT molecular complexity index is 734. The lowest BCUT2D eigenvalue weighted by Gasteiger charge is -2.08. The molecule has 2 aromatic carbocycles. The van der Waals surface area contributed by atoms with Gasteiger partial charge in [-0.1, -0.05) is 18.2 Å². The van der Waals surface area contributed by atoms with Crippen LogP contribution in [0.3, 0.4) is 0 Å². The second kappa shape index (κ2) is 7.31. The monoisotopic (exact) mass is 307 g/mol. The molecule has 0 saturated carbocycles. The van der Waals surface area contributed by atoms with Gasteiger partial charge < -0.3 is 14.5 Å². The third-order valence-corrected chi connectivity index (χ3v) is 3.32. The smallest absolute Gasteiger partial charge is 0.209 e. The molecule has 0 fully saturated rings. The Labute approximate surface area is 134 Å². The number of aromatic nitrogens is 1. The normalized spacial score (nSPS) is 10.3. The number of ketones is 1. The molecular weight excluding hydrogens is 290 g/mol. The molecule has 0 unspecified atom stereocenters. The maximum Gasteiger partial charge on any atom is 0.209 e. The fourth-order valence-corrected chi connectivity index (χ4v) is 2.17. The molecule has 3 rings (SSSR count). The molecule has 1 aromatic heterocycles. The van der Waals surface area contributed by atoms with Crippen LogP contribution in [-0.2, 0) is 0 Å². The SMILES string of the molecule is O=C(c1ccc(OCCOc2ccccc2)cc1)c1ccc[nH]1. The summed E-state index contributed by atoms with van der Waals surface area (Å²) in [6.45, 7) is 0.909. The number of H-pyrrole nitrogens is 1. The number of rotatable bonds is 7. The van der Waals surface area contributed by atoms with Gasteiger partial charge >= 0.3 is 0 Å². The van der Waals surface area contributed by atoms with Gasteiger partial charge in [-0.2, -0.15) is 0 Å². The first-order valence-corrected chi connectivity index (χ1v) is 7.42. The number of nitrogens with one attached hydrogen (secondary N) is 1. The van der Waals surface area contributed by atoms with E-state index >= 15 is 0 Å². The molecule has 0 bridgehead atoms. The summed E-state index contributed by atoms with van der Waals surface area (Å²) >= 11 is 0. The first-order valence-electron chi connectivity index (χ1n) is 7.42. The first kappa shape index (κ1) is 14.9. The lowest BCUT2D eigenvalue weighted by atomic mass is 10.1. The number of hydrogen-bond acceptors (Lipinski definition) is 3. The molecule has 0 aliphatic rings. The van der Waals surface area contributed by atoms with Gasteiger partial charge in [0.05, 0.1) is 5.69 Å². The standard InChI is InChI=1S/C19H17NO3/c21-19(18-7-4-12-20-18)15-8-10-17(11-9-15)23-14-13-22-16-5-2-1-3-6-16/h1-12,20H,13-14H2. The quantitative estimate of drug-likeness (QED) is 0.535. The Morgan fingerprint density at radius 3 is 2.04 bits per heavy atom. The van der Waals surface area contributed by atoms with E-state index in [1.165, 1.54) is 0 Å². The van der Waals surface area contributed by atoms with Gasteiger partial charge in [-0.3, -0.25) is 4.79 Å². The van der Waals surface area contributed by atoms with Gasteiger partial charge in [-0.15, -0.1) is 0 Å². The van der Waals surface area contributed by atoms with Crippen LogP contribution in [0.5, 0.6) is 11.5 Å². The van der Waals surface area contributed by atoms with Crippen molar-refractivity contribution in [3.63, 3.8) is 0 Å². The number of para-hydroxylation sites is 1. The van der Waals surface area contributed by atoms with Gasteiger partial charge in [-0.05, 0) is 48.5 Å². The molecule has 23 heavy (non-hydrogen) atoms. The minimum Gasteiger partial charge on any atom is -0.490 e. The van der Waals surface area contributed by atoms with Crippen LogP contribution in [0.1, 0.15) is 16.1 Å². The van der Waals surface area contributed by atoms with Crippen molar-refractivity contribution >= 4 is 5.78 Å². The van der Waals surface area contributed by atoms with E-state index in [9.17, 15) is 4.79 Å². The van der Waals surface area contributed by atoms with E-state index in [1.807, 2.05) is 30.3 Å². The highest BCUT2D eigenvalue weighted by Crippen LogP contribution is 2.15. The fourth-order valence-electron chi connectivity index (χ4n) is 2.17. The molecule has 4 heteroatoms. The molecule has 0 spiro atoms. The molecule has 1 heterocycles. The summed E-state index contributed by atoms with van der Waals surface area (Å²) in [4.78, 5) is 15.1. The zero-order valence-electron chi connectivity index (χ0n) is 12.6. The van der Waals surface area contributed by atoms with Crippen molar-refractivity contribution in [3.05, 3.63) is 84.2 Å². The zero-order valence-corrected chi connectivity index (χ0v) is 12.6. The third kappa shape index (κ3) is 4.01. The molecule has 0 aliphatic carbocycles. The van der Waals surface area contributed by atoms with Crippen LogP contribution in [0.4, 0.5) is 0 Å². The third-order valence-electron chi connectivity index (χ3n) is 3.32. The molecule has 0 saturated heterocycles. The van der Waals surface area contributed by atoms with Crippen molar-refractivity contribution in [3.8, 4) is 11.5 Å². The van der Waals surface area contributed by atoms with Crippen molar-refractivity contribution < 1.29 is 14.3 Å². The predicted molar refractivity (Wildman–Crippen MR) is 88.1 cm³/mol. The van der Waals surface area contributed by atoms with E-state index in [0.717, 1.165) is 5.75 Å². The lowest BCUT2D eigenvalue weighted by molar-refractivity contribution is 0.103. The molecule has 0 aliphatic heterocycles. The van der Waals surface area contributed by atoms with Gasteiger partial charge in [0, 0.05) is 11.8 Å². The van der Waals surface area contributed by atoms with Crippen molar-refractivity contribution in [2.24, 2.45) is 0 Å². The summed E-state index contributed by atoms with van der Waals surface area (Å²) in [5, 5.41) is 0. The average Bonchev–Trinajstić information content (AvgIpc) is 3.14. The van der Waals surface area contributed by atoms with Gasteiger partial charge in [0.25, 0.3) is 0 Å². The number of ether oxygens (including phenoxy) is 2. The molecular formula is C19H17NO3. The summed E-state index contributed by atoms with van der Waals surface area (Å²) < 4.78 is 11.2. The number of carbonyl (C=O) groups excluding carboxylic acids is 1. The van der Waals surface area contributed by atoms with Crippen LogP contribution < -0.4 is 9.47 Å². The Hall–Kier alpha value is -3.01. The summed E-state index contributed by atoms with van der Waals surface area (Å²) in [7, 11) is 0. The van der Waals surface area contributed by atoms with Crippen LogP contribution in [-0.4, -0.2) is 24.0 Å². The zero-order chi connectivity index (χ0) is 15.9. The summed E-state index contributed by atoms with van der Waals surface area (Å²) in [5.41, 5.74) is 1.20. The predicted octanol–water partition coefficient (Wildman–Crippen LogP) is 3.70. The highest BCUT2D eigenvalue weighted by Gasteiger charge is 2.09. The van der Waals surface area contributed by atoms with Crippen molar-refractivity contribution in [2.45, 2.75) is 0 Å². The van der Waals surface area contributed by atoms with Crippen LogP contribution in [0.15, 0.2) is 72.9 Å². The van der Waals surface area contributed by atoms with E-state index in [-0.39, 0.29) is 5.78 Å². The maximum atomic E-state index is 12.1. The van der Waals surface area contributed by atoms with Crippen LogP contribution >= 0.6 is 0 Å². The molecule has 0 radical (unpaired) electrons. The maximum absolute atomic E-state index is 12.1. The molecule has 0 amide bonds. The number of aromatic amines is 1. The fraction of sp³-hybridized carbons (Fsp3) is 0.105. The number of hydrogen-bond donors (Lipinski definition) is 1. The Balaban J connectivity index is 1.49. The largest absolute Gasteiger partial charge is 0.490 e. The molecule has 1 N–H and O–H groups in total. The second-order valence-corrected chi connectivity index (χ2v) is 4.95. The van der Waals surface area contributed by atoms with Gasteiger partial charge in [0.1, 0.15) is 24.7 Å². The molecule has 116 valence electrons. The van der Waals surface area contributed by atoms with Crippen molar-refractivity contribution in [1.82, 2.24) is 4.98 Å². The number of benzene rings is 2. The van der Waals surface area contributed by atoms with E-state index in [2.05, 4.69) is 4.98 Å². The summed E-state index contributed by atoms with van der Waals surface area (Å²) in [5.74, 6) is 1.50. The van der Waals surface area contributed by atoms with Crippen molar-refractivity contribution in [1.29, 1.82) is 0 Å². The summed E-state index contributed by atoms with van der Waals surface area (Å²) in [6, 6.07) is 20.3. The Kier molecular flexibility index (Phi) is 4.74. The van der Waals surface area contributed by atoms with E-state index in [4.69, 9.17) is 9.47 Å². The minimum atomic E-state index is -0.0334. The lowest BCUT2D eigenvalue weighted by Crippen LogP contribution is -2.09. The van der Waals surface area contributed by atoms with Gasteiger partial charge in [-0.25, -0.2) is 0 Å². The van der Waals surface area contributed by atoms with E-state index in [0.29, 0.717) is 30.2 Å². The highest BCUT2D eigenvalue weighted by molar-refractivity contribution is 6.07. The number of carbonyl (C=O) groups is 1. The summed E-state index contributed by atoms with van der Waals surface area (Å²) in [6.07, 6.45) is 1.73. The Morgan fingerprint density at radius 1 is 0.783 bits per heavy atom. The topological polar surface area (TPSA) is 51.3 Å². The van der Waals surface area contributed by atoms with Crippen molar-refractivity contribution in [2.75, 3.05) is 13.2 Å². The molecule has 4 nitrogen and oxygen atoms in total. The second-order valence-electron chi connectivity index (χ2n) is 4.95. The van der Waals surface area contributed by atoms with E-state index < -0.39 is 0 Å². The van der Waals surface area contributed by atoms with Crippen LogP contribution in [0.2, 0.25) is 0 Å². The van der Waals surface area contributed by atoms with E-state index in [1.54, 1.807) is 42.6 Å². The van der Waals surface area contributed by atoms with Gasteiger partial charge in [0.2, 0.25) is 5.78 Å². The minimum absolute atomic E-state index is 0.0334. The molecule has 0 atom stereocenters.